The third kappa shape index (κ3) is 20.0. The van der Waals surface area contributed by atoms with E-state index >= 15 is 0 Å². The van der Waals surface area contributed by atoms with Crippen LogP contribution in [-0.4, -0.2) is 47.7 Å². The fraction of sp³-hybridized carbons (Fsp3) is 0.588. The van der Waals surface area contributed by atoms with Gasteiger partial charge >= 0.3 is 0 Å². The van der Waals surface area contributed by atoms with Crippen molar-refractivity contribution in [3.63, 3.8) is 0 Å². The van der Waals surface area contributed by atoms with Gasteiger partial charge in [-0.05, 0) is 55.5 Å². The van der Waals surface area contributed by atoms with Gasteiger partial charge in [-0.3, -0.25) is 0 Å². The molecule has 5 nitrogen and oxygen atoms in total. The van der Waals surface area contributed by atoms with Crippen LogP contribution in [-0.2, 0) is 0 Å². The molecule has 0 unspecified atom stereocenters. The summed E-state index contributed by atoms with van der Waals surface area (Å²) >= 11 is 0. The summed E-state index contributed by atoms with van der Waals surface area (Å²) in [6.45, 7) is 40.0. The molecule has 1 aliphatic heterocycles. The van der Waals surface area contributed by atoms with Gasteiger partial charge in [0.15, 0.2) is 0 Å². The molecule has 2 rings (SSSR count). The molecule has 1 saturated heterocycles. The van der Waals surface area contributed by atoms with Gasteiger partial charge in [-0.25, -0.2) is 0 Å². The minimum absolute atomic E-state index is 0.162. The van der Waals surface area contributed by atoms with Crippen LogP contribution in [0.15, 0.2) is 53.7 Å². The smallest absolute Gasteiger partial charge is 0.125 e. The van der Waals surface area contributed by atoms with Gasteiger partial charge in [0.05, 0.1) is 5.71 Å². The summed E-state index contributed by atoms with van der Waals surface area (Å²) in [6, 6.07) is 3.74. The monoisotopic (exact) mass is 545 g/mol. The molecular weight excluding hydrogens is 480 g/mol. The molecule has 226 valence electrons. The zero-order chi connectivity index (χ0) is 31.4. The zero-order valence-electron chi connectivity index (χ0n) is 28.2. The number of phenolic OH excluding ortho intramolecular Hbond substituents is 1. The van der Waals surface area contributed by atoms with Gasteiger partial charge in [0.2, 0.25) is 0 Å². The van der Waals surface area contributed by atoms with Crippen LogP contribution in [0.3, 0.4) is 0 Å². The molecule has 0 spiro atoms. The molecule has 1 aromatic carbocycles. The maximum atomic E-state index is 10.6. The van der Waals surface area contributed by atoms with Crippen molar-refractivity contribution in [2.75, 3.05) is 26.2 Å². The number of allylic oxidation sites excluding steroid dienone is 4. The highest BCUT2D eigenvalue weighted by atomic mass is 16.3. The number of aromatic hydroxyl groups is 1. The van der Waals surface area contributed by atoms with E-state index in [0.29, 0.717) is 11.3 Å². The summed E-state index contributed by atoms with van der Waals surface area (Å²) in [5.74, 6) is 1.86. The van der Waals surface area contributed by atoms with Crippen molar-refractivity contribution in [2.24, 2.45) is 16.1 Å². The highest BCUT2D eigenvalue weighted by Gasteiger charge is 2.14. The van der Waals surface area contributed by atoms with Gasteiger partial charge in [-0.1, -0.05) is 114 Å². The van der Waals surface area contributed by atoms with E-state index in [1.54, 1.807) is 18.2 Å². The Morgan fingerprint density at radius 1 is 0.974 bits per heavy atom. The first-order chi connectivity index (χ1) is 18.7. The Balaban J connectivity index is -0.000000402. The topological polar surface area (TPSA) is 60.2 Å². The molecule has 0 bridgehead atoms. The Morgan fingerprint density at radius 2 is 1.44 bits per heavy atom. The van der Waals surface area contributed by atoms with Crippen molar-refractivity contribution < 1.29 is 5.11 Å². The fourth-order valence-electron chi connectivity index (χ4n) is 3.04. The lowest BCUT2D eigenvalue weighted by Crippen LogP contribution is -2.45. The van der Waals surface area contributed by atoms with E-state index in [9.17, 15) is 5.11 Å². The summed E-state index contributed by atoms with van der Waals surface area (Å²) in [4.78, 5) is 2.19. The quantitative estimate of drug-likeness (QED) is 0.168. The van der Waals surface area contributed by atoms with Crippen LogP contribution in [0.2, 0.25) is 0 Å². The number of aryl methyl sites for hydroxylation is 1. The van der Waals surface area contributed by atoms with Crippen molar-refractivity contribution in [3.05, 3.63) is 60.2 Å². The number of piperazine rings is 1. The van der Waals surface area contributed by atoms with E-state index < -0.39 is 0 Å². The number of nitrogens with one attached hydrogen (secondary N) is 1. The van der Waals surface area contributed by atoms with E-state index in [4.69, 9.17) is 0 Å². The molecule has 1 aromatic rings. The summed E-state index contributed by atoms with van der Waals surface area (Å²) in [5.41, 5.74) is 4.02. The van der Waals surface area contributed by atoms with Crippen molar-refractivity contribution in [1.29, 1.82) is 0 Å². The molecule has 1 aliphatic rings. The van der Waals surface area contributed by atoms with Crippen LogP contribution < -0.4 is 5.32 Å². The van der Waals surface area contributed by atoms with Crippen molar-refractivity contribution in [2.45, 2.75) is 103 Å². The van der Waals surface area contributed by atoms with Gasteiger partial charge in [0.25, 0.3) is 0 Å². The van der Waals surface area contributed by atoms with Crippen LogP contribution in [0.1, 0.15) is 113 Å². The van der Waals surface area contributed by atoms with Gasteiger partial charge < -0.3 is 15.3 Å². The number of phenols is 1. The Labute approximate surface area is 243 Å². The lowest BCUT2D eigenvalue weighted by Gasteiger charge is -2.28. The second kappa shape index (κ2) is 29.9. The highest BCUT2D eigenvalue weighted by molar-refractivity contribution is 6.11. The molecule has 0 aromatic heterocycles. The lowest BCUT2D eigenvalue weighted by atomic mass is 9.96. The second-order valence-corrected chi connectivity index (χ2v) is 8.65. The van der Waals surface area contributed by atoms with Gasteiger partial charge in [0.1, 0.15) is 11.6 Å². The first kappa shape index (κ1) is 43.4. The fourth-order valence-corrected chi connectivity index (χ4v) is 3.04. The van der Waals surface area contributed by atoms with Gasteiger partial charge in [-0.2, -0.15) is 0 Å². The van der Waals surface area contributed by atoms with Crippen LogP contribution in [0.5, 0.6) is 5.75 Å². The molecule has 39 heavy (non-hydrogen) atoms. The van der Waals surface area contributed by atoms with Crippen molar-refractivity contribution >= 4 is 17.1 Å². The van der Waals surface area contributed by atoms with Gasteiger partial charge in [0, 0.05) is 31.7 Å². The van der Waals surface area contributed by atoms with E-state index in [2.05, 4.69) is 68.2 Å². The highest BCUT2D eigenvalue weighted by Crippen LogP contribution is 2.28. The van der Waals surface area contributed by atoms with Crippen LogP contribution in [0, 0.1) is 12.8 Å². The van der Waals surface area contributed by atoms with Gasteiger partial charge in [-0.15, -0.1) is 10.2 Å². The number of rotatable bonds is 5. The summed E-state index contributed by atoms with van der Waals surface area (Å²) in [6.07, 6.45) is 6.61. The molecule has 0 atom stereocenters. The zero-order valence-corrected chi connectivity index (χ0v) is 28.2. The van der Waals surface area contributed by atoms with Crippen molar-refractivity contribution in [1.82, 2.24) is 10.2 Å². The number of hydrogen-bond donors (Lipinski definition) is 2. The first-order valence-electron chi connectivity index (χ1n) is 15.0. The van der Waals surface area contributed by atoms with E-state index in [-0.39, 0.29) is 5.75 Å². The molecule has 2 N–H and O–H groups in total. The average Bonchev–Trinajstić information content (AvgIpc) is 2.94. The molecule has 0 aliphatic carbocycles. The van der Waals surface area contributed by atoms with Crippen LogP contribution >= 0.6 is 0 Å². The molecule has 1 heterocycles. The molecule has 1 fully saturated rings. The van der Waals surface area contributed by atoms with E-state index in [1.807, 2.05) is 74.5 Å². The predicted molar refractivity (Wildman–Crippen MR) is 181 cm³/mol. The Bertz CT molecular complexity index is 804. The lowest BCUT2D eigenvalue weighted by molar-refractivity contribution is 0.355. The molecule has 0 saturated carbocycles. The van der Waals surface area contributed by atoms with Crippen molar-refractivity contribution in [3.8, 4) is 5.75 Å². The number of nitrogens with zero attached hydrogens (tertiary/aromatic N) is 3. The third-order valence-electron chi connectivity index (χ3n) is 4.51. The summed E-state index contributed by atoms with van der Waals surface area (Å²) < 4.78 is 0. The minimum atomic E-state index is 0.162. The first-order valence-corrected chi connectivity index (χ1v) is 15.0. The van der Waals surface area contributed by atoms with E-state index in [0.717, 1.165) is 54.6 Å². The predicted octanol–water partition coefficient (Wildman–Crippen LogP) is 9.66. The molecular formula is C34H64N4O. The summed E-state index contributed by atoms with van der Waals surface area (Å²) in [5, 5.41) is 22.6. The standard InChI is InChI=1S/C21H28N4O.C4H10.C3H8.3C2H6/c1-6-17(7-2)18-13-15(4)21(20(26)14-18)19(8-3)24-23-16(5)25-11-9-22-10-12-25;1-4(2)3;1-3-2;3*1-2/h6-8,13-14,22,26H,1,3,9-12H2,2,4-5H3;4H,1-3H3;3H2,1-2H3;3*1-2H3/b17-7+,23-16+,24-19+;;;;;. The third-order valence-corrected chi connectivity index (χ3v) is 4.51. The molecule has 0 amide bonds. The molecule has 0 radical (unpaired) electrons. The normalized spacial score (nSPS) is 12.9. The van der Waals surface area contributed by atoms with Crippen LogP contribution in [0.4, 0.5) is 0 Å². The average molecular weight is 545 g/mol. The SMILES string of the molecule is C=C/C(=C\C)c1cc(C)c(/C(C=C)=N/N=C(\C)N2CCNCC2)c(O)c1.CC.CC.CC.CC(C)C.CCC. The molecule has 5 heteroatoms. The Kier molecular flexibility index (Phi) is 33.3. The number of amidine groups is 1. The maximum absolute atomic E-state index is 10.6. The van der Waals surface area contributed by atoms with Crippen LogP contribution in [0.25, 0.3) is 5.57 Å². The number of hydrogen-bond acceptors (Lipinski definition) is 4. The van der Waals surface area contributed by atoms with E-state index in [1.165, 1.54) is 6.42 Å². The maximum Gasteiger partial charge on any atom is 0.125 e. The Morgan fingerprint density at radius 3 is 1.79 bits per heavy atom. The minimum Gasteiger partial charge on any atom is -0.507 e. The Hall–Kier alpha value is -2.66. The largest absolute Gasteiger partial charge is 0.507 e. The number of benzene rings is 1. The summed E-state index contributed by atoms with van der Waals surface area (Å²) in [7, 11) is 0. The second-order valence-electron chi connectivity index (χ2n) is 8.65.